The molecule has 0 aliphatic rings. The van der Waals surface area contributed by atoms with Crippen LogP contribution in [0.3, 0.4) is 0 Å². The normalized spacial score (nSPS) is 9.86. The second kappa shape index (κ2) is 7.12. The Morgan fingerprint density at radius 3 is 2.10 bits per heavy atom. The molecule has 0 spiro atoms. The number of nitrogens with one attached hydrogen (secondary N) is 3. The first-order valence-electron chi connectivity index (χ1n) is 5.47. The Balaban J connectivity index is 2.51. The van der Waals surface area contributed by atoms with Crippen molar-refractivity contribution in [3.63, 3.8) is 0 Å². The lowest BCUT2D eigenvalue weighted by molar-refractivity contribution is -0.137. The number of anilines is 1. The lowest BCUT2D eigenvalue weighted by atomic mass is 10.3. The van der Waals surface area contributed by atoms with Crippen LogP contribution in [0.2, 0.25) is 0 Å². The Morgan fingerprint density at radius 1 is 1.00 bits per heavy atom. The molecule has 1 aromatic carbocycles. The average molecular weight is 305 g/mol. The Morgan fingerprint density at radius 2 is 1.57 bits per heavy atom. The van der Waals surface area contributed by atoms with Crippen LogP contribution in [0.5, 0.6) is 0 Å². The standard InChI is InChI=1S/C11H10F3N3O4/c12-5-1-6(13)10(7(14)2-5)17-11(21)16-3-8(18)15-4-9(19)20/h1-2H,3-4H2,(H,15,18)(H,19,20)(H2,16,17,21). The van der Waals surface area contributed by atoms with E-state index in [9.17, 15) is 27.6 Å². The second-order valence-corrected chi connectivity index (χ2v) is 3.72. The number of carboxylic acid groups (broad SMARTS) is 1. The van der Waals surface area contributed by atoms with Crippen molar-refractivity contribution in [3.05, 3.63) is 29.6 Å². The van der Waals surface area contributed by atoms with Crippen LogP contribution in [0, 0.1) is 17.5 Å². The van der Waals surface area contributed by atoms with Gasteiger partial charge in [-0.1, -0.05) is 0 Å². The summed E-state index contributed by atoms with van der Waals surface area (Å²) in [5.41, 5.74) is -0.875. The molecule has 114 valence electrons. The molecule has 21 heavy (non-hydrogen) atoms. The monoisotopic (exact) mass is 305 g/mol. The van der Waals surface area contributed by atoms with Crippen LogP contribution in [0.1, 0.15) is 0 Å². The molecule has 3 amide bonds. The van der Waals surface area contributed by atoms with Crippen molar-refractivity contribution >= 4 is 23.6 Å². The fourth-order valence-corrected chi connectivity index (χ4v) is 1.22. The third-order valence-electron chi connectivity index (χ3n) is 2.09. The van der Waals surface area contributed by atoms with Gasteiger partial charge >= 0.3 is 12.0 Å². The summed E-state index contributed by atoms with van der Waals surface area (Å²) in [5.74, 6) is -5.88. The minimum Gasteiger partial charge on any atom is -0.480 e. The molecule has 4 N–H and O–H groups in total. The zero-order valence-electron chi connectivity index (χ0n) is 10.4. The summed E-state index contributed by atoms with van der Waals surface area (Å²) in [6.07, 6.45) is 0. The van der Waals surface area contributed by atoms with E-state index in [0.717, 1.165) is 0 Å². The van der Waals surface area contributed by atoms with E-state index in [-0.39, 0.29) is 0 Å². The van der Waals surface area contributed by atoms with Gasteiger partial charge in [-0.15, -0.1) is 0 Å². The molecule has 0 saturated heterocycles. The fraction of sp³-hybridized carbons (Fsp3) is 0.182. The van der Waals surface area contributed by atoms with E-state index in [0.29, 0.717) is 12.1 Å². The van der Waals surface area contributed by atoms with Crippen molar-refractivity contribution in [2.75, 3.05) is 18.4 Å². The zero-order chi connectivity index (χ0) is 16.0. The number of aliphatic carboxylic acids is 1. The molecule has 0 aliphatic heterocycles. The van der Waals surface area contributed by atoms with Crippen LogP contribution >= 0.6 is 0 Å². The SMILES string of the molecule is O=C(O)CNC(=O)CNC(=O)Nc1c(F)cc(F)cc1F. The lowest BCUT2D eigenvalue weighted by Crippen LogP contribution is -2.40. The Bertz CT molecular complexity index is 557. The van der Waals surface area contributed by atoms with Crippen LogP contribution in [0.15, 0.2) is 12.1 Å². The van der Waals surface area contributed by atoms with Crippen molar-refractivity contribution in [3.8, 4) is 0 Å². The molecule has 10 heteroatoms. The maximum Gasteiger partial charge on any atom is 0.322 e. The van der Waals surface area contributed by atoms with Crippen molar-refractivity contribution in [1.29, 1.82) is 0 Å². The Labute approximate surface area is 116 Å². The number of rotatable bonds is 5. The van der Waals surface area contributed by atoms with Gasteiger partial charge in [0.2, 0.25) is 5.91 Å². The summed E-state index contributed by atoms with van der Waals surface area (Å²) in [4.78, 5) is 32.5. The van der Waals surface area contributed by atoms with E-state index < -0.39 is 54.1 Å². The Hall–Kier alpha value is -2.78. The van der Waals surface area contributed by atoms with E-state index in [4.69, 9.17) is 5.11 Å². The van der Waals surface area contributed by atoms with Gasteiger partial charge in [-0.3, -0.25) is 9.59 Å². The number of carbonyl (C=O) groups is 3. The molecule has 0 unspecified atom stereocenters. The minimum absolute atomic E-state index is 0.373. The van der Waals surface area contributed by atoms with Crippen molar-refractivity contribution in [2.24, 2.45) is 0 Å². The van der Waals surface area contributed by atoms with E-state index in [2.05, 4.69) is 0 Å². The maximum absolute atomic E-state index is 13.2. The predicted molar refractivity (Wildman–Crippen MR) is 64.0 cm³/mol. The summed E-state index contributed by atoms with van der Waals surface area (Å²) in [6, 6.07) is -0.374. The first kappa shape index (κ1) is 16.3. The number of hydrogen-bond donors (Lipinski definition) is 4. The molecular formula is C11H10F3N3O4. The second-order valence-electron chi connectivity index (χ2n) is 3.72. The molecular weight excluding hydrogens is 295 g/mol. The molecule has 0 aliphatic carbocycles. The highest BCUT2D eigenvalue weighted by molar-refractivity contribution is 5.92. The maximum atomic E-state index is 13.2. The van der Waals surface area contributed by atoms with Crippen molar-refractivity contribution < 1.29 is 32.7 Å². The van der Waals surface area contributed by atoms with E-state index >= 15 is 0 Å². The van der Waals surface area contributed by atoms with Gasteiger partial charge in [0, 0.05) is 12.1 Å². The fourth-order valence-electron chi connectivity index (χ4n) is 1.22. The molecule has 0 fully saturated rings. The smallest absolute Gasteiger partial charge is 0.322 e. The highest BCUT2D eigenvalue weighted by Gasteiger charge is 2.14. The highest BCUT2D eigenvalue weighted by atomic mass is 19.1. The van der Waals surface area contributed by atoms with Gasteiger partial charge in [0.1, 0.15) is 18.0 Å². The molecule has 0 heterocycles. The number of benzene rings is 1. The first-order chi connectivity index (χ1) is 9.79. The Kier molecular flexibility index (Phi) is 5.52. The first-order valence-corrected chi connectivity index (χ1v) is 5.47. The lowest BCUT2D eigenvalue weighted by Gasteiger charge is -2.09. The molecule has 0 radical (unpaired) electrons. The third kappa shape index (κ3) is 5.38. The summed E-state index contributed by atoms with van der Waals surface area (Å²) >= 11 is 0. The van der Waals surface area contributed by atoms with Crippen LogP contribution in [0.25, 0.3) is 0 Å². The average Bonchev–Trinajstić information content (AvgIpc) is 2.38. The van der Waals surface area contributed by atoms with Gasteiger partial charge in [0.25, 0.3) is 0 Å². The molecule has 7 nitrogen and oxygen atoms in total. The number of amides is 3. The highest BCUT2D eigenvalue weighted by Crippen LogP contribution is 2.19. The van der Waals surface area contributed by atoms with Gasteiger partial charge in [-0.25, -0.2) is 18.0 Å². The number of hydrogen-bond acceptors (Lipinski definition) is 3. The van der Waals surface area contributed by atoms with Gasteiger partial charge in [0.05, 0.1) is 6.54 Å². The van der Waals surface area contributed by atoms with Gasteiger partial charge in [-0.05, 0) is 0 Å². The summed E-state index contributed by atoms with van der Waals surface area (Å²) in [6.45, 7) is -1.24. The molecule has 0 aromatic heterocycles. The van der Waals surface area contributed by atoms with Crippen LogP contribution < -0.4 is 16.0 Å². The summed E-state index contributed by atoms with van der Waals surface area (Å²) in [7, 11) is 0. The largest absolute Gasteiger partial charge is 0.480 e. The number of urea groups is 1. The van der Waals surface area contributed by atoms with E-state index in [1.165, 1.54) is 0 Å². The third-order valence-corrected chi connectivity index (χ3v) is 2.09. The molecule has 1 rings (SSSR count). The number of halogens is 3. The summed E-state index contributed by atoms with van der Waals surface area (Å²) < 4.78 is 39.1. The van der Waals surface area contributed by atoms with E-state index in [1.807, 2.05) is 10.6 Å². The quantitative estimate of drug-likeness (QED) is 0.632. The number of carboxylic acids is 1. The van der Waals surface area contributed by atoms with Gasteiger partial charge < -0.3 is 21.1 Å². The number of carbonyl (C=O) groups excluding carboxylic acids is 2. The van der Waals surface area contributed by atoms with Crippen molar-refractivity contribution in [2.45, 2.75) is 0 Å². The molecule has 0 saturated carbocycles. The topological polar surface area (TPSA) is 108 Å². The van der Waals surface area contributed by atoms with Gasteiger partial charge in [0.15, 0.2) is 11.6 Å². The van der Waals surface area contributed by atoms with Crippen LogP contribution in [0.4, 0.5) is 23.7 Å². The minimum atomic E-state index is -1.32. The predicted octanol–water partition coefficient (Wildman–Crippen LogP) is 0.426. The van der Waals surface area contributed by atoms with Crippen LogP contribution in [-0.4, -0.2) is 36.1 Å². The molecule has 1 aromatic rings. The van der Waals surface area contributed by atoms with Crippen LogP contribution in [-0.2, 0) is 9.59 Å². The molecule has 0 atom stereocenters. The molecule has 0 bridgehead atoms. The van der Waals surface area contributed by atoms with Gasteiger partial charge in [-0.2, -0.15) is 0 Å². The van der Waals surface area contributed by atoms with Crippen molar-refractivity contribution in [1.82, 2.24) is 10.6 Å². The van der Waals surface area contributed by atoms with E-state index in [1.54, 1.807) is 5.32 Å². The zero-order valence-corrected chi connectivity index (χ0v) is 10.4. The summed E-state index contributed by atoms with van der Waals surface area (Å²) in [5, 5.41) is 13.9.